The molecule has 0 radical (unpaired) electrons. The molecule has 118 valence electrons. The molecule has 6 heteroatoms. The predicted molar refractivity (Wildman–Crippen MR) is 79.2 cm³/mol. The van der Waals surface area contributed by atoms with Crippen LogP contribution < -0.4 is 9.47 Å². The summed E-state index contributed by atoms with van der Waals surface area (Å²) in [5.74, 6) is 0.411. The second-order valence-electron chi connectivity index (χ2n) is 5.19. The van der Waals surface area contributed by atoms with Gasteiger partial charge in [0, 0.05) is 5.56 Å². The number of esters is 1. The number of methoxy groups -OCH3 is 3. The molecular formula is C16H19NO5. The van der Waals surface area contributed by atoms with Crippen molar-refractivity contribution in [3.8, 4) is 11.5 Å². The first kappa shape index (κ1) is 16.0. The lowest BCUT2D eigenvalue weighted by Gasteiger charge is -2.26. The van der Waals surface area contributed by atoms with E-state index in [-0.39, 0.29) is 0 Å². The van der Waals surface area contributed by atoms with Crippen molar-refractivity contribution in [1.82, 2.24) is 0 Å². The average molecular weight is 305 g/mol. The van der Waals surface area contributed by atoms with Crippen molar-refractivity contribution in [2.24, 2.45) is 4.99 Å². The monoisotopic (exact) mass is 305 g/mol. The zero-order valence-corrected chi connectivity index (χ0v) is 13.0. The number of hydrogen-bond donors (Lipinski definition) is 0. The first-order chi connectivity index (χ1) is 10.6. The zero-order chi connectivity index (χ0) is 16.2. The molecule has 22 heavy (non-hydrogen) atoms. The second kappa shape index (κ2) is 6.62. The molecule has 0 heterocycles. The van der Waals surface area contributed by atoms with Crippen LogP contribution in [0.4, 0.5) is 0 Å². The summed E-state index contributed by atoms with van der Waals surface area (Å²) in [5.41, 5.74) is 0.280. The summed E-state index contributed by atoms with van der Waals surface area (Å²) in [4.78, 5) is 26.8. The van der Waals surface area contributed by atoms with Gasteiger partial charge in [0.15, 0.2) is 11.5 Å². The van der Waals surface area contributed by atoms with E-state index in [9.17, 15) is 9.59 Å². The molecule has 0 bridgehead atoms. The number of benzene rings is 1. The Morgan fingerprint density at radius 2 is 1.86 bits per heavy atom. The minimum absolute atomic E-state index is 0.336. The smallest absolute Gasteiger partial charge is 0.337 e. The molecule has 1 aromatic carbocycles. The second-order valence-corrected chi connectivity index (χ2v) is 5.19. The van der Waals surface area contributed by atoms with E-state index >= 15 is 0 Å². The fraction of sp³-hybridized carbons (Fsp3) is 0.500. The normalized spacial score (nSPS) is 15.8. The van der Waals surface area contributed by atoms with Crippen LogP contribution in [0.25, 0.3) is 0 Å². The van der Waals surface area contributed by atoms with E-state index in [1.165, 1.54) is 21.3 Å². The van der Waals surface area contributed by atoms with Crippen LogP contribution in [0.2, 0.25) is 0 Å². The first-order valence-electron chi connectivity index (χ1n) is 7.05. The number of ether oxygens (including phenoxy) is 3. The summed E-state index contributed by atoms with van der Waals surface area (Å²) >= 11 is 0. The SMILES string of the molecule is COC(=O)c1cc(OC)c(OC)c(C2(N=C=O)CCCC2)c1. The fourth-order valence-corrected chi connectivity index (χ4v) is 3.03. The van der Waals surface area contributed by atoms with Crippen LogP contribution in [0.15, 0.2) is 17.1 Å². The van der Waals surface area contributed by atoms with E-state index < -0.39 is 11.5 Å². The highest BCUT2D eigenvalue weighted by molar-refractivity contribution is 5.90. The summed E-state index contributed by atoms with van der Waals surface area (Å²) in [5, 5.41) is 0. The molecule has 1 aliphatic rings. The summed E-state index contributed by atoms with van der Waals surface area (Å²) in [6.07, 6.45) is 4.95. The van der Waals surface area contributed by atoms with Crippen LogP contribution >= 0.6 is 0 Å². The van der Waals surface area contributed by atoms with Gasteiger partial charge in [-0.25, -0.2) is 9.59 Å². The molecule has 1 aromatic rings. The van der Waals surface area contributed by atoms with Crippen molar-refractivity contribution < 1.29 is 23.8 Å². The molecule has 1 aliphatic carbocycles. The van der Waals surface area contributed by atoms with Gasteiger partial charge in [-0.05, 0) is 25.0 Å². The van der Waals surface area contributed by atoms with Gasteiger partial charge in [0.25, 0.3) is 0 Å². The molecule has 0 spiro atoms. The summed E-state index contributed by atoms with van der Waals surface area (Å²) in [7, 11) is 4.33. The zero-order valence-electron chi connectivity index (χ0n) is 13.0. The molecule has 1 fully saturated rings. The lowest BCUT2D eigenvalue weighted by molar-refractivity contribution is 0.0600. The largest absolute Gasteiger partial charge is 0.493 e. The third-order valence-corrected chi connectivity index (χ3v) is 4.09. The minimum Gasteiger partial charge on any atom is -0.493 e. The molecule has 0 N–H and O–H groups in total. The van der Waals surface area contributed by atoms with E-state index in [2.05, 4.69) is 4.99 Å². The van der Waals surface area contributed by atoms with Crippen LogP contribution in [0, 0.1) is 0 Å². The van der Waals surface area contributed by atoms with E-state index in [0.717, 1.165) is 12.8 Å². The van der Waals surface area contributed by atoms with Gasteiger partial charge < -0.3 is 14.2 Å². The molecule has 0 aromatic heterocycles. The van der Waals surface area contributed by atoms with E-state index in [0.29, 0.717) is 35.5 Å². The van der Waals surface area contributed by atoms with Crippen LogP contribution in [-0.2, 0) is 15.1 Å². The van der Waals surface area contributed by atoms with Crippen molar-refractivity contribution >= 4 is 12.0 Å². The van der Waals surface area contributed by atoms with Crippen molar-refractivity contribution in [3.63, 3.8) is 0 Å². The standard InChI is InChI=1S/C16H19NO5/c1-20-13-9-11(15(19)22-3)8-12(14(13)21-2)16(17-10-18)6-4-5-7-16/h8-9H,4-7H2,1-3H3. The topological polar surface area (TPSA) is 74.2 Å². The number of hydrogen-bond acceptors (Lipinski definition) is 6. The highest BCUT2D eigenvalue weighted by Gasteiger charge is 2.39. The number of isocyanates is 1. The van der Waals surface area contributed by atoms with Gasteiger partial charge in [-0.1, -0.05) is 12.8 Å². The highest BCUT2D eigenvalue weighted by atomic mass is 16.5. The van der Waals surface area contributed by atoms with Gasteiger partial charge >= 0.3 is 5.97 Å². The third kappa shape index (κ3) is 2.70. The first-order valence-corrected chi connectivity index (χ1v) is 7.05. The number of carbonyl (C=O) groups excluding carboxylic acids is 2. The Kier molecular flexibility index (Phi) is 4.83. The van der Waals surface area contributed by atoms with Crippen molar-refractivity contribution in [1.29, 1.82) is 0 Å². The molecule has 2 rings (SSSR count). The fourth-order valence-electron chi connectivity index (χ4n) is 3.03. The van der Waals surface area contributed by atoms with E-state index in [1.54, 1.807) is 18.2 Å². The Morgan fingerprint density at radius 1 is 1.18 bits per heavy atom. The Balaban J connectivity index is 2.70. The molecule has 6 nitrogen and oxygen atoms in total. The summed E-state index contributed by atoms with van der Waals surface area (Å²) in [6, 6.07) is 3.22. The van der Waals surface area contributed by atoms with Gasteiger partial charge in [0.1, 0.15) is 5.54 Å². The molecule has 0 aliphatic heterocycles. The van der Waals surface area contributed by atoms with Crippen LogP contribution in [-0.4, -0.2) is 33.4 Å². The molecule has 0 saturated heterocycles. The van der Waals surface area contributed by atoms with Gasteiger partial charge in [-0.2, -0.15) is 4.99 Å². The lowest BCUT2D eigenvalue weighted by Crippen LogP contribution is -2.21. The van der Waals surface area contributed by atoms with Crippen molar-refractivity contribution in [2.75, 3.05) is 21.3 Å². The molecule has 0 atom stereocenters. The van der Waals surface area contributed by atoms with Crippen molar-refractivity contribution in [3.05, 3.63) is 23.3 Å². The van der Waals surface area contributed by atoms with Crippen molar-refractivity contribution in [2.45, 2.75) is 31.2 Å². The summed E-state index contributed by atoms with van der Waals surface area (Å²) < 4.78 is 15.6. The molecule has 0 amide bonds. The Bertz CT molecular complexity index is 613. The van der Waals surface area contributed by atoms with Gasteiger partial charge in [0.05, 0.1) is 26.9 Å². The third-order valence-electron chi connectivity index (χ3n) is 4.09. The average Bonchev–Trinajstić information content (AvgIpc) is 3.02. The Hall–Kier alpha value is -2.33. The molecule has 1 saturated carbocycles. The predicted octanol–water partition coefficient (Wildman–Crippen LogP) is 2.60. The molecule has 0 unspecified atom stereocenters. The maximum Gasteiger partial charge on any atom is 0.337 e. The van der Waals surface area contributed by atoms with Gasteiger partial charge in [-0.3, -0.25) is 0 Å². The Morgan fingerprint density at radius 3 is 2.36 bits per heavy atom. The number of aliphatic imine (C=N–C) groups is 1. The highest BCUT2D eigenvalue weighted by Crippen LogP contribution is 2.48. The Labute approximate surface area is 129 Å². The maximum absolute atomic E-state index is 11.9. The minimum atomic E-state index is -0.718. The lowest BCUT2D eigenvalue weighted by atomic mass is 9.86. The van der Waals surface area contributed by atoms with Crippen LogP contribution in [0.1, 0.15) is 41.6 Å². The van der Waals surface area contributed by atoms with Gasteiger partial charge in [-0.15, -0.1) is 0 Å². The quantitative estimate of drug-likeness (QED) is 0.475. The number of rotatable bonds is 5. The van der Waals surface area contributed by atoms with Gasteiger partial charge in [0.2, 0.25) is 6.08 Å². The van der Waals surface area contributed by atoms with E-state index in [4.69, 9.17) is 14.2 Å². The maximum atomic E-state index is 11.9. The van der Waals surface area contributed by atoms with E-state index in [1.807, 2.05) is 0 Å². The number of carbonyl (C=O) groups is 1. The van der Waals surface area contributed by atoms with Crippen LogP contribution in [0.5, 0.6) is 11.5 Å². The summed E-state index contributed by atoms with van der Waals surface area (Å²) in [6.45, 7) is 0. The molecular weight excluding hydrogens is 286 g/mol. The van der Waals surface area contributed by atoms with Crippen LogP contribution in [0.3, 0.4) is 0 Å². The number of nitrogens with zero attached hydrogens (tertiary/aromatic N) is 1.